The fourth-order valence-corrected chi connectivity index (χ4v) is 8.98. The van der Waals surface area contributed by atoms with Gasteiger partial charge >= 0.3 is 5.97 Å². The van der Waals surface area contributed by atoms with Crippen molar-refractivity contribution in [1.82, 2.24) is 14.7 Å². The summed E-state index contributed by atoms with van der Waals surface area (Å²) in [7, 11) is 1.71. The quantitative estimate of drug-likeness (QED) is 0.314. The zero-order valence-electron chi connectivity index (χ0n) is 31.3. The molecule has 1 N–H and O–H groups in total. The van der Waals surface area contributed by atoms with Gasteiger partial charge in [-0.1, -0.05) is 89.3 Å². The Hall–Kier alpha value is -3.50. The van der Waals surface area contributed by atoms with Crippen molar-refractivity contribution >= 4 is 23.7 Å². The van der Waals surface area contributed by atoms with Crippen molar-refractivity contribution in [2.75, 3.05) is 20.2 Å². The summed E-state index contributed by atoms with van der Waals surface area (Å²) in [5.74, 6) is -3.40. The van der Waals surface area contributed by atoms with Gasteiger partial charge in [0.2, 0.25) is 17.7 Å². The number of aliphatic hydroxyl groups is 1. The third-order valence-corrected chi connectivity index (χ3v) is 10.9. The van der Waals surface area contributed by atoms with E-state index < -0.39 is 65.2 Å². The maximum absolute atomic E-state index is 15.1. The van der Waals surface area contributed by atoms with E-state index in [0.717, 1.165) is 5.56 Å². The molecule has 1 spiro atoms. The molecule has 3 amide bonds. The van der Waals surface area contributed by atoms with Crippen LogP contribution in [0.4, 0.5) is 0 Å². The minimum atomic E-state index is -1.48. The highest BCUT2D eigenvalue weighted by Crippen LogP contribution is 2.54. The van der Waals surface area contributed by atoms with Crippen LogP contribution >= 0.6 is 0 Å². The van der Waals surface area contributed by atoms with Crippen LogP contribution in [0.25, 0.3) is 0 Å². The van der Waals surface area contributed by atoms with Crippen LogP contribution in [0.3, 0.4) is 0 Å². The topological polar surface area (TPSA) is 117 Å². The van der Waals surface area contributed by atoms with E-state index in [4.69, 9.17) is 9.47 Å². The van der Waals surface area contributed by atoms with Crippen LogP contribution in [0, 0.1) is 23.2 Å². The van der Waals surface area contributed by atoms with E-state index in [1.165, 1.54) is 4.90 Å². The van der Waals surface area contributed by atoms with Gasteiger partial charge in [-0.3, -0.25) is 19.2 Å². The van der Waals surface area contributed by atoms with Crippen molar-refractivity contribution in [2.24, 2.45) is 23.2 Å². The number of hydrogen-bond acceptors (Lipinski definition) is 7. The molecule has 0 aromatic heterocycles. The maximum Gasteiger partial charge on any atom is 0.313 e. The first-order valence-electron chi connectivity index (χ1n) is 18.2. The minimum absolute atomic E-state index is 0.0830. The molecular weight excluding hydrogens is 634 g/mol. The average Bonchev–Trinajstić information content (AvgIpc) is 3.42. The number of carbonyl (C=O) groups is 4. The van der Waals surface area contributed by atoms with Gasteiger partial charge in [0.05, 0.1) is 30.7 Å². The molecule has 4 aliphatic rings. The number of hydrogen-bond donors (Lipinski definition) is 1. The molecule has 0 radical (unpaired) electrons. The number of ether oxygens (including phenoxy) is 2. The molecule has 2 saturated heterocycles. The fourth-order valence-electron chi connectivity index (χ4n) is 8.98. The molecule has 274 valence electrons. The summed E-state index contributed by atoms with van der Waals surface area (Å²) < 4.78 is 13.3. The number of allylic oxidation sites excluding steroid dienone is 1. The third kappa shape index (κ3) is 7.02. The van der Waals surface area contributed by atoms with Crippen LogP contribution in [0.5, 0.6) is 0 Å². The fraction of sp³-hybridized carbons (Fsp3) is 0.650. The van der Waals surface area contributed by atoms with Crippen LogP contribution in [-0.2, 0) is 28.7 Å². The molecule has 0 bridgehead atoms. The van der Waals surface area contributed by atoms with Crippen LogP contribution in [0.15, 0.2) is 54.6 Å². The Balaban J connectivity index is 1.65. The molecule has 5 rings (SSSR count). The smallest absolute Gasteiger partial charge is 0.313 e. The molecule has 10 heteroatoms. The zero-order chi connectivity index (χ0) is 36.8. The molecule has 50 heavy (non-hydrogen) atoms. The van der Waals surface area contributed by atoms with Gasteiger partial charge in [-0.2, -0.15) is 0 Å². The summed E-state index contributed by atoms with van der Waals surface area (Å²) in [6, 6.07) is 7.04. The van der Waals surface area contributed by atoms with Crippen LogP contribution in [0.2, 0.25) is 0 Å². The molecule has 2 fully saturated rings. The monoisotopic (exact) mass is 691 g/mol. The molecule has 8 atom stereocenters. The van der Waals surface area contributed by atoms with Crippen molar-refractivity contribution in [2.45, 2.75) is 123 Å². The van der Waals surface area contributed by atoms with Gasteiger partial charge in [-0.05, 0) is 56.9 Å². The number of rotatable bonds is 7. The number of cyclic esters (lactones) is 1. The number of esters is 1. The maximum atomic E-state index is 15.1. The number of fused-ring (bicyclic) bond motifs is 2. The van der Waals surface area contributed by atoms with Crippen molar-refractivity contribution in [3.05, 3.63) is 60.2 Å². The Kier molecular flexibility index (Phi) is 10.8. The lowest BCUT2D eigenvalue weighted by Crippen LogP contribution is -2.61. The lowest BCUT2D eigenvalue weighted by atomic mass is 9.77. The van der Waals surface area contributed by atoms with Gasteiger partial charge in [0.25, 0.3) is 0 Å². The summed E-state index contributed by atoms with van der Waals surface area (Å²) in [5, 5.41) is 10.8. The molecule has 0 aliphatic carbocycles. The van der Waals surface area contributed by atoms with Gasteiger partial charge in [-0.25, -0.2) is 0 Å². The highest BCUT2D eigenvalue weighted by Gasteiger charge is 2.73. The summed E-state index contributed by atoms with van der Waals surface area (Å²) in [6.07, 6.45) is 7.45. The SMILES string of the molecule is CC(C)C[C@H](CO)N1C(=O)[C@@H]2[C@H]3C(=O)O[C@H](c4ccccc4)[C@@H](C)N(C)C(=O)CC/C=C\[C@H]3O[C@@]23C=CCN(C(C)(C)CC(C)(C)C)C(=O)[C@@H]13. The Morgan fingerprint density at radius 2 is 1.68 bits per heavy atom. The van der Waals surface area contributed by atoms with E-state index in [1.807, 2.05) is 88.1 Å². The highest BCUT2D eigenvalue weighted by molar-refractivity contribution is 5.99. The molecule has 4 aliphatic heterocycles. The molecule has 1 aromatic carbocycles. The molecule has 0 saturated carbocycles. The second kappa shape index (κ2) is 14.3. The molecule has 1 aromatic rings. The van der Waals surface area contributed by atoms with Gasteiger partial charge in [0.15, 0.2) is 0 Å². The summed E-state index contributed by atoms with van der Waals surface area (Å²) in [5.41, 5.74) is -1.42. The largest absolute Gasteiger partial charge is 0.455 e. The first-order chi connectivity index (χ1) is 23.4. The Morgan fingerprint density at radius 3 is 2.30 bits per heavy atom. The third-order valence-electron chi connectivity index (χ3n) is 10.9. The van der Waals surface area contributed by atoms with Gasteiger partial charge in [0, 0.05) is 25.6 Å². The van der Waals surface area contributed by atoms with Crippen LogP contribution < -0.4 is 0 Å². The lowest BCUT2D eigenvalue weighted by molar-refractivity contribution is -0.165. The number of aliphatic hydroxyl groups excluding tert-OH is 1. The Labute approximate surface area is 297 Å². The zero-order valence-corrected chi connectivity index (χ0v) is 31.3. The molecule has 10 nitrogen and oxygen atoms in total. The first-order valence-corrected chi connectivity index (χ1v) is 18.2. The van der Waals surface area contributed by atoms with E-state index in [2.05, 4.69) is 20.8 Å². The predicted octanol–water partition coefficient (Wildman–Crippen LogP) is 5.07. The standard InChI is InChI=1S/C40H57N3O7/c1-25(2)22-28(23-44)43-34-36(47)42(39(7,8)24-38(4,5)6)21-15-20-40(34)32(35(43)46)31-29(50-40)18-13-14-19-30(45)41(9)26(3)33(49-37(31)48)27-16-11-10-12-17-27/h10-13,15-18,20,25-26,28-29,31-34,44H,14,19,21-24H2,1-9H3/b18-13-/t26-,28-,29-,31+,32+,33+,34-,40+/m1/s1. The van der Waals surface area contributed by atoms with E-state index >= 15 is 9.59 Å². The number of likely N-dealkylation sites (tertiary alicyclic amines) is 1. The van der Waals surface area contributed by atoms with Crippen molar-refractivity contribution < 1.29 is 33.8 Å². The summed E-state index contributed by atoms with van der Waals surface area (Å²) in [4.78, 5) is 62.9. The molecule has 4 heterocycles. The minimum Gasteiger partial charge on any atom is -0.455 e. The van der Waals surface area contributed by atoms with Crippen molar-refractivity contribution in [1.29, 1.82) is 0 Å². The van der Waals surface area contributed by atoms with E-state index in [0.29, 0.717) is 25.8 Å². The Bertz CT molecular complexity index is 1500. The summed E-state index contributed by atoms with van der Waals surface area (Å²) in [6.45, 7) is 16.4. The second-order valence-electron chi connectivity index (χ2n) is 16.9. The normalized spacial score (nSPS) is 32.2. The van der Waals surface area contributed by atoms with E-state index in [9.17, 15) is 14.7 Å². The number of carbonyl (C=O) groups excluding carboxylic acids is 4. The average molecular weight is 692 g/mol. The van der Waals surface area contributed by atoms with Crippen molar-refractivity contribution in [3.8, 4) is 0 Å². The first kappa shape index (κ1) is 37.7. The van der Waals surface area contributed by atoms with Gasteiger partial charge in [-0.15, -0.1) is 0 Å². The summed E-state index contributed by atoms with van der Waals surface area (Å²) >= 11 is 0. The lowest BCUT2D eigenvalue weighted by Gasteiger charge is -2.45. The molecular formula is C40H57N3O7. The van der Waals surface area contributed by atoms with Gasteiger partial charge < -0.3 is 29.3 Å². The van der Waals surface area contributed by atoms with Gasteiger partial charge in [0.1, 0.15) is 23.7 Å². The van der Waals surface area contributed by atoms with E-state index in [-0.39, 0.29) is 36.2 Å². The number of benzene rings is 1. The molecule has 0 unspecified atom stereocenters. The number of nitrogens with zero attached hydrogens (tertiary/aromatic N) is 3. The number of likely N-dealkylation sites (N-methyl/N-ethyl adjacent to an activating group) is 1. The van der Waals surface area contributed by atoms with E-state index in [1.54, 1.807) is 18.0 Å². The number of amides is 3. The predicted molar refractivity (Wildman–Crippen MR) is 190 cm³/mol. The Morgan fingerprint density at radius 1 is 1.00 bits per heavy atom. The van der Waals surface area contributed by atoms with Crippen LogP contribution in [-0.4, -0.2) is 99.1 Å². The highest BCUT2D eigenvalue weighted by atomic mass is 16.6. The van der Waals surface area contributed by atoms with Crippen LogP contribution in [0.1, 0.15) is 92.7 Å². The second-order valence-corrected chi connectivity index (χ2v) is 16.9. The van der Waals surface area contributed by atoms with Crippen molar-refractivity contribution in [3.63, 3.8) is 0 Å².